The number of nitrogens with zero attached hydrogens (tertiary/aromatic N) is 3. The first-order valence-corrected chi connectivity index (χ1v) is 9.55. The minimum atomic E-state index is 0.0572. The van der Waals surface area contributed by atoms with Crippen LogP contribution >= 0.6 is 0 Å². The molecule has 0 radical (unpaired) electrons. The molecule has 0 saturated carbocycles. The van der Waals surface area contributed by atoms with Crippen LogP contribution in [0.5, 0.6) is 0 Å². The Labute approximate surface area is 157 Å². The highest BCUT2D eigenvalue weighted by Gasteiger charge is 2.20. The van der Waals surface area contributed by atoms with Crippen LogP contribution in [0.2, 0.25) is 0 Å². The molecular formula is C21H31N5. The Kier molecular flexibility index (Phi) is 5.47. The number of hydrogen-bond acceptors (Lipinski definition) is 5. The molecule has 0 aliphatic carbocycles. The number of hydrogen-bond donors (Lipinski definition) is 2. The lowest BCUT2D eigenvalue weighted by Crippen LogP contribution is -2.44. The van der Waals surface area contributed by atoms with Gasteiger partial charge in [0.05, 0.1) is 5.69 Å². The van der Waals surface area contributed by atoms with Crippen LogP contribution in [0, 0.1) is 0 Å². The summed E-state index contributed by atoms with van der Waals surface area (Å²) in [5, 5.41) is 6.95. The molecule has 0 bridgehead atoms. The van der Waals surface area contributed by atoms with Crippen molar-refractivity contribution in [3.8, 4) is 11.3 Å². The molecule has 3 rings (SSSR count). The Hall–Kier alpha value is -2.14. The van der Waals surface area contributed by atoms with E-state index in [2.05, 4.69) is 73.3 Å². The van der Waals surface area contributed by atoms with E-state index in [1.165, 1.54) is 11.3 Å². The van der Waals surface area contributed by atoms with Gasteiger partial charge in [-0.2, -0.15) is 0 Å². The Balaban J connectivity index is 1.96. The van der Waals surface area contributed by atoms with Crippen molar-refractivity contribution >= 4 is 11.6 Å². The predicted octanol–water partition coefficient (Wildman–Crippen LogP) is 3.67. The molecule has 0 unspecified atom stereocenters. The second-order valence-electron chi connectivity index (χ2n) is 8.29. The zero-order chi connectivity index (χ0) is 18.7. The van der Waals surface area contributed by atoms with Crippen LogP contribution in [0.4, 0.5) is 11.6 Å². The van der Waals surface area contributed by atoms with Crippen molar-refractivity contribution in [3.63, 3.8) is 0 Å². The van der Waals surface area contributed by atoms with Gasteiger partial charge in [0.2, 0.25) is 5.95 Å². The number of anilines is 2. The molecule has 5 heteroatoms. The highest BCUT2D eigenvalue weighted by molar-refractivity contribution is 5.68. The van der Waals surface area contributed by atoms with Gasteiger partial charge in [-0.05, 0) is 43.0 Å². The SMILES string of the molecule is CC(C)Nc1ccc(-c2ccnc(N3CCNCC3)n2)cc1C(C)(C)C. The molecule has 5 nitrogen and oxygen atoms in total. The summed E-state index contributed by atoms with van der Waals surface area (Å²) in [6.45, 7) is 15.0. The molecule has 1 aliphatic heterocycles. The largest absolute Gasteiger partial charge is 0.383 e. The summed E-state index contributed by atoms with van der Waals surface area (Å²) in [5.41, 5.74) is 4.69. The molecule has 2 aromatic rings. The molecule has 0 atom stereocenters. The van der Waals surface area contributed by atoms with Gasteiger partial charge in [-0.1, -0.05) is 26.8 Å². The lowest BCUT2D eigenvalue weighted by atomic mass is 9.84. The molecule has 0 amide bonds. The lowest BCUT2D eigenvalue weighted by molar-refractivity contribution is 0.580. The summed E-state index contributed by atoms with van der Waals surface area (Å²) < 4.78 is 0. The third-order valence-corrected chi connectivity index (χ3v) is 4.61. The molecule has 1 fully saturated rings. The molecule has 140 valence electrons. The fraction of sp³-hybridized carbons (Fsp3) is 0.524. The molecule has 1 aliphatic rings. The van der Waals surface area contributed by atoms with E-state index < -0.39 is 0 Å². The zero-order valence-electron chi connectivity index (χ0n) is 16.6. The van der Waals surface area contributed by atoms with Crippen molar-refractivity contribution in [2.75, 3.05) is 36.4 Å². The summed E-state index contributed by atoms with van der Waals surface area (Å²) in [6, 6.07) is 9.02. The van der Waals surface area contributed by atoms with Crippen molar-refractivity contribution in [3.05, 3.63) is 36.0 Å². The van der Waals surface area contributed by atoms with Gasteiger partial charge in [0.15, 0.2) is 0 Å². The number of nitrogens with one attached hydrogen (secondary N) is 2. The monoisotopic (exact) mass is 353 g/mol. The molecule has 26 heavy (non-hydrogen) atoms. The first kappa shape index (κ1) is 18.6. The maximum absolute atomic E-state index is 4.85. The van der Waals surface area contributed by atoms with Gasteiger partial charge < -0.3 is 15.5 Å². The molecule has 2 N–H and O–H groups in total. The summed E-state index contributed by atoms with van der Waals surface area (Å²) in [5.74, 6) is 0.825. The standard InChI is InChI=1S/C21H31N5/c1-15(2)24-19-7-6-16(14-17(19)21(3,4)5)18-8-9-23-20(25-18)26-12-10-22-11-13-26/h6-9,14-15,22,24H,10-13H2,1-5H3. The Bertz CT molecular complexity index is 742. The van der Waals surface area contributed by atoms with E-state index in [1.807, 2.05) is 12.3 Å². The summed E-state index contributed by atoms with van der Waals surface area (Å²) >= 11 is 0. The van der Waals surface area contributed by atoms with Crippen molar-refractivity contribution < 1.29 is 0 Å². The van der Waals surface area contributed by atoms with E-state index in [-0.39, 0.29) is 5.41 Å². The number of benzene rings is 1. The predicted molar refractivity (Wildman–Crippen MR) is 110 cm³/mol. The third-order valence-electron chi connectivity index (χ3n) is 4.61. The average Bonchev–Trinajstić information content (AvgIpc) is 2.61. The third kappa shape index (κ3) is 4.33. The van der Waals surface area contributed by atoms with Crippen molar-refractivity contribution in [2.24, 2.45) is 0 Å². The van der Waals surface area contributed by atoms with Crippen molar-refractivity contribution in [2.45, 2.75) is 46.1 Å². The minimum Gasteiger partial charge on any atom is -0.383 e. The molecule has 1 saturated heterocycles. The van der Waals surface area contributed by atoms with Gasteiger partial charge in [0.1, 0.15) is 0 Å². The van der Waals surface area contributed by atoms with E-state index in [0.29, 0.717) is 6.04 Å². The van der Waals surface area contributed by atoms with Crippen LogP contribution in [0.3, 0.4) is 0 Å². The van der Waals surface area contributed by atoms with E-state index in [0.717, 1.165) is 43.4 Å². The van der Waals surface area contributed by atoms with Crippen molar-refractivity contribution in [1.82, 2.24) is 15.3 Å². The smallest absolute Gasteiger partial charge is 0.225 e. The van der Waals surface area contributed by atoms with Gasteiger partial charge in [-0.15, -0.1) is 0 Å². The van der Waals surface area contributed by atoms with Crippen LogP contribution in [-0.4, -0.2) is 42.2 Å². The van der Waals surface area contributed by atoms with Gasteiger partial charge >= 0.3 is 0 Å². The van der Waals surface area contributed by atoms with E-state index in [1.54, 1.807) is 0 Å². The maximum Gasteiger partial charge on any atom is 0.225 e. The highest BCUT2D eigenvalue weighted by Crippen LogP contribution is 2.33. The fourth-order valence-corrected chi connectivity index (χ4v) is 3.29. The average molecular weight is 354 g/mol. The second-order valence-corrected chi connectivity index (χ2v) is 8.29. The van der Waals surface area contributed by atoms with Gasteiger partial charge in [-0.25, -0.2) is 9.97 Å². The highest BCUT2D eigenvalue weighted by atomic mass is 15.3. The molecular weight excluding hydrogens is 322 g/mol. The van der Waals surface area contributed by atoms with Gasteiger partial charge in [-0.3, -0.25) is 0 Å². The maximum atomic E-state index is 4.85. The number of rotatable bonds is 4. The van der Waals surface area contributed by atoms with Gasteiger partial charge in [0, 0.05) is 49.7 Å². The summed E-state index contributed by atoms with van der Waals surface area (Å²) in [4.78, 5) is 11.6. The van der Waals surface area contributed by atoms with Crippen LogP contribution in [0.25, 0.3) is 11.3 Å². The summed E-state index contributed by atoms with van der Waals surface area (Å²) in [6.07, 6.45) is 1.87. The number of aromatic nitrogens is 2. The quantitative estimate of drug-likeness (QED) is 0.878. The molecule has 1 aromatic heterocycles. The van der Waals surface area contributed by atoms with Crippen LogP contribution in [0.1, 0.15) is 40.2 Å². The normalized spacial score (nSPS) is 15.4. The second kappa shape index (κ2) is 7.62. The molecule has 2 heterocycles. The fourth-order valence-electron chi connectivity index (χ4n) is 3.29. The van der Waals surface area contributed by atoms with E-state index in [4.69, 9.17) is 4.98 Å². The lowest BCUT2D eigenvalue weighted by Gasteiger charge is -2.28. The molecule has 0 spiro atoms. The first-order valence-electron chi connectivity index (χ1n) is 9.55. The minimum absolute atomic E-state index is 0.0572. The molecule has 1 aromatic carbocycles. The summed E-state index contributed by atoms with van der Waals surface area (Å²) in [7, 11) is 0. The Morgan fingerprint density at radius 2 is 1.85 bits per heavy atom. The van der Waals surface area contributed by atoms with Gasteiger partial charge in [0.25, 0.3) is 0 Å². The first-order chi connectivity index (χ1) is 12.3. The Morgan fingerprint density at radius 3 is 2.50 bits per heavy atom. The van der Waals surface area contributed by atoms with Crippen LogP contribution in [-0.2, 0) is 5.41 Å². The topological polar surface area (TPSA) is 53.1 Å². The van der Waals surface area contributed by atoms with Crippen molar-refractivity contribution in [1.29, 1.82) is 0 Å². The van der Waals surface area contributed by atoms with E-state index >= 15 is 0 Å². The zero-order valence-corrected chi connectivity index (χ0v) is 16.6. The van der Waals surface area contributed by atoms with Crippen LogP contribution in [0.15, 0.2) is 30.5 Å². The number of piperazine rings is 1. The van der Waals surface area contributed by atoms with Crippen LogP contribution < -0.4 is 15.5 Å². The van der Waals surface area contributed by atoms with E-state index in [9.17, 15) is 0 Å². The Morgan fingerprint density at radius 1 is 1.12 bits per heavy atom.